The number of nitrogens with zero attached hydrogens (tertiary/aromatic N) is 2. The van der Waals surface area contributed by atoms with Gasteiger partial charge in [0.1, 0.15) is 11.6 Å². The van der Waals surface area contributed by atoms with Gasteiger partial charge in [-0.2, -0.15) is 0 Å². The van der Waals surface area contributed by atoms with Crippen LogP contribution in [0.5, 0.6) is 0 Å². The SMILES string of the molecule is CC(=O)CCCCc1nc2cc(N)ccc2nc1-c1ccc(F)cc1. The topological polar surface area (TPSA) is 68.9 Å². The van der Waals surface area contributed by atoms with Gasteiger partial charge in [-0.15, -0.1) is 0 Å². The fourth-order valence-electron chi connectivity index (χ4n) is 2.79. The van der Waals surface area contributed by atoms with Crippen LogP contribution in [0.3, 0.4) is 0 Å². The first-order valence-electron chi connectivity index (χ1n) is 8.34. The van der Waals surface area contributed by atoms with E-state index in [1.54, 1.807) is 31.2 Å². The third-order valence-corrected chi connectivity index (χ3v) is 4.07. The number of benzene rings is 2. The number of hydrogen-bond acceptors (Lipinski definition) is 4. The molecule has 0 atom stereocenters. The second-order valence-electron chi connectivity index (χ2n) is 6.18. The van der Waals surface area contributed by atoms with E-state index < -0.39 is 0 Å². The highest BCUT2D eigenvalue weighted by Crippen LogP contribution is 2.26. The Morgan fingerprint density at radius 2 is 1.80 bits per heavy atom. The number of fused-ring (bicyclic) bond motifs is 1. The maximum Gasteiger partial charge on any atom is 0.129 e. The molecule has 0 aliphatic heterocycles. The summed E-state index contributed by atoms with van der Waals surface area (Å²) in [6.45, 7) is 1.60. The number of carbonyl (C=O) groups is 1. The van der Waals surface area contributed by atoms with Gasteiger partial charge in [0.05, 0.1) is 22.4 Å². The van der Waals surface area contributed by atoms with Gasteiger partial charge in [0.2, 0.25) is 0 Å². The van der Waals surface area contributed by atoms with Crippen molar-refractivity contribution in [2.75, 3.05) is 5.73 Å². The smallest absolute Gasteiger partial charge is 0.129 e. The van der Waals surface area contributed by atoms with E-state index in [1.165, 1.54) is 12.1 Å². The second kappa shape index (κ2) is 7.38. The van der Waals surface area contributed by atoms with Crippen LogP contribution in [0.25, 0.3) is 22.3 Å². The number of ketones is 1. The van der Waals surface area contributed by atoms with Crippen LogP contribution in [-0.4, -0.2) is 15.8 Å². The number of nitrogen functional groups attached to an aromatic ring is 1. The summed E-state index contributed by atoms with van der Waals surface area (Å²) >= 11 is 0. The Hall–Kier alpha value is -2.82. The quantitative estimate of drug-likeness (QED) is 0.537. The molecule has 5 heteroatoms. The minimum Gasteiger partial charge on any atom is -0.399 e. The van der Waals surface area contributed by atoms with E-state index in [1.807, 2.05) is 6.07 Å². The van der Waals surface area contributed by atoms with Gasteiger partial charge in [0.25, 0.3) is 0 Å². The average Bonchev–Trinajstić information content (AvgIpc) is 2.58. The van der Waals surface area contributed by atoms with E-state index in [4.69, 9.17) is 15.7 Å². The molecule has 2 aromatic carbocycles. The van der Waals surface area contributed by atoms with Gasteiger partial charge in [-0.25, -0.2) is 14.4 Å². The number of Topliss-reactive ketones (excluding diaryl/α,β-unsaturated/α-hetero) is 1. The van der Waals surface area contributed by atoms with Crippen molar-refractivity contribution in [1.29, 1.82) is 0 Å². The van der Waals surface area contributed by atoms with Crippen molar-refractivity contribution in [3.05, 3.63) is 54.0 Å². The fraction of sp³-hybridized carbons (Fsp3) is 0.250. The van der Waals surface area contributed by atoms with E-state index in [2.05, 4.69) is 0 Å². The van der Waals surface area contributed by atoms with Gasteiger partial charge in [-0.05, 0) is 68.7 Å². The first kappa shape index (κ1) is 17.0. The minimum atomic E-state index is -0.284. The average molecular weight is 337 g/mol. The lowest BCUT2D eigenvalue weighted by atomic mass is 10.0. The lowest BCUT2D eigenvalue weighted by Crippen LogP contribution is -2.01. The summed E-state index contributed by atoms with van der Waals surface area (Å²) in [5.41, 5.74) is 10.4. The third-order valence-electron chi connectivity index (χ3n) is 4.07. The molecule has 25 heavy (non-hydrogen) atoms. The maximum absolute atomic E-state index is 13.2. The molecule has 0 radical (unpaired) electrons. The number of aryl methyl sites for hydroxylation is 1. The molecule has 4 nitrogen and oxygen atoms in total. The summed E-state index contributed by atoms with van der Waals surface area (Å²) in [6, 6.07) is 11.7. The summed E-state index contributed by atoms with van der Waals surface area (Å²) in [6.07, 6.45) is 2.93. The van der Waals surface area contributed by atoms with Gasteiger partial charge >= 0.3 is 0 Å². The van der Waals surface area contributed by atoms with Crippen LogP contribution in [0.15, 0.2) is 42.5 Å². The molecule has 2 N–H and O–H groups in total. The van der Waals surface area contributed by atoms with Crippen LogP contribution in [0, 0.1) is 5.82 Å². The van der Waals surface area contributed by atoms with Crippen molar-refractivity contribution in [2.24, 2.45) is 0 Å². The van der Waals surface area contributed by atoms with Crippen molar-refractivity contribution in [1.82, 2.24) is 9.97 Å². The van der Waals surface area contributed by atoms with Crippen molar-refractivity contribution < 1.29 is 9.18 Å². The highest BCUT2D eigenvalue weighted by molar-refractivity contribution is 5.81. The molecular weight excluding hydrogens is 317 g/mol. The van der Waals surface area contributed by atoms with E-state index in [0.29, 0.717) is 18.5 Å². The molecule has 0 unspecified atom stereocenters. The number of aromatic nitrogens is 2. The standard InChI is InChI=1S/C20H20FN3O/c1-13(25)4-2-3-5-18-20(14-6-8-15(21)9-7-14)24-17-11-10-16(22)12-19(17)23-18/h6-12H,2-5,22H2,1H3. The monoisotopic (exact) mass is 337 g/mol. The minimum absolute atomic E-state index is 0.191. The van der Waals surface area contributed by atoms with Crippen LogP contribution in [-0.2, 0) is 11.2 Å². The van der Waals surface area contributed by atoms with Gasteiger partial charge in [-0.1, -0.05) is 0 Å². The summed E-state index contributed by atoms with van der Waals surface area (Å²) in [5.74, 6) is -0.0931. The van der Waals surface area contributed by atoms with Crippen LogP contribution < -0.4 is 5.73 Å². The van der Waals surface area contributed by atoms with Gasteiger partial charge in [0.15, 0.2) is 0 Å². The Labute approximate surface area is 145 Å². The zero-order valence-corrected chi connectivity index (χ0v) is 14.1. The zero-order chi connectivity index (χ0) is 17.8. The third kappa shape index (κ3) is 4.18. The van der Waals surface area contributed by atoms with E-state index in [-0.39, 0.29) is 11.6 Å². The van der Waals surface area contributed by atoms with Crippen LogP contribution in [0.4, 0.5) is 10.1 Å². The molecule has 0 aliphatic rings. The maximum atomic E-state index is 13.2. The molecule has 3 aromatic rings. The Bertz CT molecular complexity index is 907. The van der Waals surface area contributed by atoms with Crippen molar-refractivity contribution in [3.8, 4) is 11.3 Å². The number of halogens is 1. The molecule has 0 aliphatic carbocycles. The van der Waals surface area contributed by atoms with Gasteiger partial charge < -0.3 is 10.5 Å². The van der Waals surface area contributed by atoms with Crippen molar-refractivity contribution in [3.63, 3.8) is 0 Å². The Balaban J connectivity index is 1.99. The summed E-state index contributed by atoms with van der Waals surface area (Å²) < 4.78 is 13.2. The molecule has 1 aromatic heterocycles. The number of hydrogen-bond donors (Lipinski definition) is 1. The lowest BCUT2D eigenvalue weighted by molar-refractivity contribution is -0.117. The summed E-state index contributed by atoms with van der Waals surface area (Å²) in [4.78, 5) is 20.6. The van der Waals surface area contributed by atoms with Crippen LogP contribution in [0.1, 0.15) is 31.9 Å². The number of rotatable bonds is 6. The molecule has 128 valence electrons. The number of unbranched alkanes of at least 4 members (excludes halogenated alkanes) is 1. The first-order valence-corrected chi connectivity index (χ1v) is 8.34. The Morgan fingerprint density at radius 1 is 1.04 bits per heavy atom. The first-order chi connectivity index (χ1) is 12.0. The summed E-state index contributed by atoms with van der Waals surface area (Å²) in [7, 11) is 0. The molecule has 0 amide bonds. The highest BCUT2D eigenvalue weighted by atomic mass is 19.1. The largest absolute Gasteiger partial charge is 0.399 e. The van der Waals surface area contributed by atoms with E-state index >= 15 is 0 Å². The molecule has 3 rings (SSSR count). The van der Waals surface area contributed by atoms with Crippen LogP contribution >= 0.6 is 0 Å². The summed E-state index contributed by atoms with van der Waals surface area (Å²) in [5, 5.41) is 0. The molecule has 0 spiro atoms. The number of anilines is 1. The van der Waals surface area contributed by atoms with Crippen molar-refractivity contribution >= 4 is 22.5 Å². The fourth-order valence-corrected chi connectivity index (χ4v) is 2.79. The molecule has 1 heterocycles. The number of carbonyl (C=O) groups excluding carboxylic acids is 1. The molecule has 0 saturated carbocycles. The predicted molar refractivity (Wildman–Crippen MR) is 97.6 cm³/mol. The zero-order valence-electron chi connectivity index (χ0n) is 14.1. The molecule has 0 saturated heterocycles. The van der Waals surface area contributed by atoms with E-state index in [0.717, 1.165) is 40.8 Å². The molecule has 0 bridgehead atoms. The second-order valence-corrected chi connectivity index (χ2v) is 6.18. The Morgan fingerprint density at radius 3 is 2.52 bits per heavy atom. The molecular formula is C20H20FN3O. The van der Waals surface area contributed by atoms with Crippen LogP contribution in [0.2, 0.25) is 0 Å². The number of nitrogens with two attached hydrogens (primary N) is 1. The highest BCUT2D eigenvalue weighted by Gasteiger charge is 2.12. The Kier molecular flexibility index (Phi) is 5.03. The predicted octanol–water partition coefficient (Wildman–Crippen LogP) is 4.32. The molecule has 0 fully saturated rings. The van der Waals surface area contributed by atoms with Gasteiger partial charge in [0, 0.05) is 17.7 Å². The van der Waals surface area contributed by atoms with E-state index in [9.17, 15) is 9.18 Å². The van der Waals surface area contributed by atoms with Crippen molar-refractivity contribution in [2.45, 2.75) is 32.6 Å². The van der Waals surface area contributed by atoms with Gasteiger partial charge in [-0.3, -0.25) is 0 Å². The lowest BCUT2D eigenvalue weighted by Gasteiger charge is -2.10. The normalized spacial score (nSPS) is 11.0.